The van der Waals surface area contributed by atoms with Crippen LogP contribution in [0, 0.1) is 0 Å². The first-order valence-corrected chi connectivity index (χ1v) is 6.71. The first kappa shape index (κ1) is 11.5. The van der Waals surface area contributed by atoms with Crippen LogP contribution in [-0.2, 0) is 25.9 Å². The van der Waals surface area contributed by atoms with E-state index in [0.29, 0.717) is 6.54 Å². The Morgan fingerprint density at radius 2 is 2.06 bits per heavy atom. The quantitative estimate of drug-likeness (QED) is 0.897. The van der Waals surface area contributed by atoms with Crippen LogP contribution in [0.3, 0.4) is 0 Å². The van der Waals surface area contributed by atoms with Gasteiger partial charge in [-0.25, -0.2) is 0 Å². The Balaban J connectivity index is 2.09. The van der Waals surface area contributed by atoms with Gasteiger partial charge in [0.2, 0.25) is 0 Å². The highest BCUT2D eigenvalue weighted by molar-refractivity contribution is 5.69. The number of nitrogens with two attached hydrogens (primary N) is 1. The summed E-state index contributed by atoms with van der Waals surface area (Å²) >= 11 is 0. The van der Waals surface area contributed by atoms with Gasteiger partial charge >= 0.3 is 0 Å². The first-order valence-electron chi connectivity index (χ1n) is 6.71. The lowest BCUT2D eigenvalue weighted by atomic mass is 9.99. The molecule has 0 saturated heterocycles. The lowest BCUT2D eigenvalue weighted by molar-refractivity contribution is 0.644. The smallest absolute Gasteiger partial charge is 0.0841 e. The molecule has 1 aliphatic rings. The predicted octanol–water partition coefficient (Wildman–Crippen LogP) is 2.52. The van der Waals surface area contributed by atoms with Gasteiger partial charge in [-0.2, -0.15) is 5.10 Å². The monoisotopic (exact) mass is 241 g/mol. The topological polar surface area (TPSA) is 43.8 Å². The molecule has 3 heteroatoms. The van der Waals surface area contributed by atoms with Crippen molar-refractivity contribution in [3.63, 3.8) is 0 Å². The zero-order valence-corrected chi connectivity index (χ0v) is 10.8. The number of aryl methyl sites for hydroxylation is 2. The Morgan fingerprint density at radius 3 is 2.72 bits per heavy atom. The standard InChI is InChI=1S/C15H19N3/c1-2-11-5-7-12(8-6-11)15-13(10-16)17-18-9-3-4-14(15)18/h5-8H,2-4,9-10,16H2,1H3. The summed E-state index contributed by atoms with van der Waals surface area (Å²) in [5.41, 5.74) is 12.1. The van der Waals surface area contributed by atoms with E-state index < -0.39 is 0 Å². The molecule has 2 heterocycles. The van der Waals surface area contributed by atoms with Crippen LogP contribution in [0.1, 0.15) is 30.3 Å². The zero-order valence-electron chi connectivity index (χ0n) is 10.8. The normalized spacial score (nSPS) is 13.9. The summed E-state index contributed by atoms with van der Waals surface area (Å²) in [6, 6.07) is 8.81. The molecule has 0 radical (unpaired) electrons. The summed E-state index contributed by atoms with van der Waals surface area (Å²) in [6.07, 6.45) is 3.40. The number of aromatic nitrogens is 2. The van der Waals surface area contributed by atoms with Crippen molar-refractivity contribution in [2.24, 2.45) is 5.73 Å². The van der Waals surface area contributed by atoms with Gasteiger partial charge in [-0.3, -0.25) is 4.68 Å². The Bertz CT molecular complexity index is 552. The van der Waals surface area contributed by atoms with E-state index in [9.17, 15) is 0 Å². The fraction of sp³-hybridized carbons (Fsp3) is 0.400. The van der Waals surface area contributed by atoms with Crippen molar-refractivity contribution >= 4 is 0 Å². The van der Waals surface area contributed by atoms with Crippen LogP contribution in [0.15, 0.2) is 24.3 Å². The number of rotatable bonds is 3. The fourth-order valence-corrected chi connectivity index (χ4v) is 2.77. The van der Waals surface area contributed by atoms with E-state index >= 15 is 0 Å². The molecular weight excluding hydrogens is 222 g/mol. The van der Waals surface area contributed by atoms with Crippen molar-refractivity contribution in [1.82, 2.24) is 9.78 Å². The van der Waals surface area contributed by atoms with Crippen molar-refractivity contribution in [2.75, 3.05) is 0 Å². The molecule has 0 saturated carbocycles. The van der Waals surface area contributed by atoms with Gasteiger partial charge in [-0.1, -0.05) is 31.2 Å². The van der Waals surface area contributed by atoms with Crippen LogP contribution in [0.5, 0.6) is 0 Å². The van der Waals surface area contributed by atoms with Crippen molar-refractivity contribution in [1.29, 1.82) is 0 Å². The van der Waals surface area contributed by atoms with Gasteiger partial charge in [-0.05, 0) is 30.4 Å². The van der Waals surface area contributed by atoms with E-state index in [0.717, 1.165) is 25.1 Å². The average Bonchev–Trinajstić information content (AvgIpc) is 2.98. The Hall–Kier alpha value is -1.61. The molecule has 0 spiro atoms. The van der Waals surface area contributed by atoms with E-state index in [2.05, 4.69) is 41.0 Å². The van der Waals surface area contributed by atoms with E-state index in [-0.39, 0.29) is 0 Å². The van der Waals surface area contributed by atoms with Gasteiger partial charge in [0, 0.05) is 24.3 Å². The predicted molar refractivity (Wildman–Crippen MR) is 73.3 cm³/mol. The van der Waals surface area contributed by atoms with Crippen molar-refractivity contribution in [2.45, 2.75) is 39.3 Å². The second kappa shape index (κ2) is 4.58. The SMILES string of the molecule is CCc1ccc(-c2c(CN)nn3c2CCC3)cc1. The number of fused-ring (bicyclic) bond motifs is 1. The molecule has 2 N–H and O–H groups in total. The molecule has 1 aromatic heterocycles. The highest BCUT2D eigenvalue weighted by atomic mass is 15.3. The van der Waals surface area contributed by atoms with Crippen LogP contribution in [0.4, 0.5) is 0 Å². The summed E-state index contributed by atoms with van der Waals surface area (Å²) in [5, 5.41) is 4.62. The lowest BCUT2D eigenvalue weighted by Crippen LogP contribution is -2.01. The molecular formula is C15H19N3. The second-order valence-corrected chi connectivity index (χ2v) is 4.85. The van der Waals surface area contributed by atoms with Crippen LogP contribution >= 0.6 is 0 Å². The number of hydrogen-bond acceptors (Lipinski definition) is 2. The summed E-state index contributed by atoms with van der Waals surface area (Å²) in [6.45, 7) is 3.73. The van der Waals surface area contributed by atoms with Gasteiger partial charge in [0.25, 0.3) is 0 Å². The molecule has 0 aliphatic carbocycles. The van der Waals surface area contributed by atoms with Gasteiger partial charge in [-0.15, -0.1) is 0 Å². The average molecular weight is 241 g/mol. The maximum Gasteiger partial charge on any atom is 0.0841 e. The van der Waals surface area contributed by atoms with Crippen LogP contribution in [-0.4, -0.2) is 9.78 Å². The summed E-state index contributed by atoms with van der Waals surface area (Å²) in [7, 11) is 0. The number of nitrogens with zero attached hydrogens (tertiary/aromatic N) is 2. The maximum absolute atomic E-state index is 5.83. The zero-order chi connectivity index (χ0) is 12.5. The third kappa shape index (κ3) is 1.75. The van der Waals surface area contributed by atoms with Crippen LogP contribution < -0.4 is 5.73 Å². The van der Waals surface area contributed by atoms with Gasteiger partial charge < -0.3 is 5.73 Å². The Morgan fingerprint density at radius 1 is 1.28 bits per heavy atom. The van der Waals surface area contributed by atoms with Crippen LogP contribution in [0.25, 0.3) is 11.1 Å². The Labute approximate surface area is 108 Å². The second-order valence-electron chi connectivity index (χ2n) is 4.85. The largest absolute Gasteiger partial charge is 0.325 e. The molecule has 1 aromatic carbocycles. The minimum absolute atomic E-state index is 0.519. The third-order valence-corrected chi connectivity index (χ3v) is 3.76. The first-order chi connectivity index (χ1) is 8.83. The molecule has 94 valence electrons. The molecule has 0 amide bonds. The molecule has 0 unspecified atom stereocenters. The van der Waals surface area contributed by atoms with E-state index in [4.69, 9.17) is 5.73 Å². The third-order valence-electron chi connectivity index (χ3n) is 3.76. The van der Waals surface area contributed by atoms with E-state index in [1.54, 1.807) is 0 Å². The summed E-state index contributed by atoms with van der Waals surface area (Å²) < 4.78 is 2.13. The Kier molecular flexibility index (Phi) is 2.92. The molecule has 18 heavy (non-hydrogen) atoms. The van der Waals surface area contributed by atoms with E-state index in [1.165, 1.54) is 28.8 Å². The van der Waals surface area contributed by atoms with Gasteiger partial charge in [0.15, 0.2) is 0 Å². The lowest BCUT2D eigenvalue weighted by Gasteiger charge is -2.05. The van der Waals surface area contributed by atoms with Gasteiger partial charge in [0.05, 0.1) is 5.69 Å². The highest BCUT2D eigenvalue weighted by Gasteiger charge is 2.21. The van der Waals surface area contributed by atoms with E-state index in [1.807, 2.05) is 0 Å². The molecule has 3 nitrogen and oxygen atoms in total. The van der Waals surface area contributed by atoms with Crippen LogP contribution in [0.2, 0.25) is 0 Å². The minimum Gasteiger partial charge on any atom is -0.325 e. The van der Waals surface area contributed by atoms with Crippen molar-refractivity contribution in [3.8, 4) is 11.1 Å². The molecule has 0 atom stereocenters. The molecule has 0 bridgehead atoms. The molecule has 0 fully saturated rings. The highest BCUT2D eigenvalue weighted by Crippen LogP contribution is 2.31. The van der Waals surface area contributed by atoms with Gasteiger partial charge in [0.1, 0.15) is 0 Å². The number of benzene rings is 1. The maximum atomic E-state index is 5.83. The fourth-order valence-electron chi connectivity index (χ4n) is 2.77. The molecule has 3 rings (SSSR count). The molecule has 2 aromatic rings. The van der Waals surface area contributed by atoms with Crippen molar-refractivity contribution < 1.29 is 0 Å². The molecule has 1 aliphatic heterocycles. The minimum atomic E-state index is 0.519. The van der Waals surface area contributed by atoms with Crippen molar-refractivity contribution in [3.05, 3.63) is 41.2 Å². The summed E-state index contributed by atoms with van der Waals surface area (Å²) in [4.78, 5) is 0. The number of hydrogen-bond donors (Lipinski definition) is 1. The summed E-state index contributed by atoms with van der Waals surface area (Å²) in [5.74, 6) is 0.